The highest BCUT2D eigenvalue weighted by Crippen LogP contribution is 2.46. The molecule has 182 valence electrons. The Morgan fingerprint density at radius 3 is 1.97 bits per heavy atom. The van der Waals surface area contributed by atoms with E-state index in [1.165, 1.54) is 48.8 Å². The molecule has 3 unspecified atom stereocenters. The lowest BCUT2D eigenvalue weighted by Gasteiger charge is -2.29. The van der Waals surface area contributed by atoms with Crippen LogP contribution in [-0.2, 0) is 0 Å². The number of aryl methyl sites for hydroxylation is 1. The number of H-pyrrole nitrogens is 2. The first kappa shape index (κ1) is 20.9. The Bertz CT molecular complexity index is 1390. The van der Waals surface area contributed by atoms with Crippen LogP contribution in [-0.4, -0.2) is 32.0 Å². The molecule has 2 saturated heterocycles. The third-order valence-corrected chi connectivity index (χ3v) is 9.09. The summed E-state index contributed by atoms with van der Waals surface area (Å²) in [6.07, 6.45) is 8.43. The van der Waals surface area contributed by atoms with Crippen LogP contribution in [0.1, 0.15) is 61.5 Å². The molecule has 36 heavy (non-hydrogen) atoms. The molecule has 4 N–H and O–H groups in total. The summed E-state index contributed by atoms with van der Waals surface area (Å²) in [7, 11) is 0. The van der Waals surface area contributed by atoms with E-state index in [9.17, 15) is 0 Å². The molecule has 2 aromatic carbocycles. The third kappa shape index (κ3) is 3.46. The van der Waals surface area contributed by atoms with Crippen LogP contribution in [0, 0.1) is 18.8 Å². The molecule has 2 aliphatic heterocycles. The zero-order valence-corrected chi connectivity index (χ0v) is 20.6. The van der Waals surface area contributed by atoms with Gasteiger partial charge in [-0.25, -0.2) is 9.97 Å². The van der Waals surface area contributed by atoms with Crippen molar-refractivity contribution in [2.24, 2.45) is 11.8 Å². The highest BCUT2D eigenvalue weighted by Gasteiger charge is 2.47. The van der Waals surface area contributed by atoms with Crippen LogP contribution in [0.25, 0.3) is 33.6 Å². The molecule has 0 bridgehead atoms. The lowest BCUT2D eigenvalue weighted by molar-refractivity contribution is 0.276. The van der Waals surface area contributed by atoms with E-state index in [0.717, 1.165) is 52.2 Å². The fraction of sp³-hybridized carbons (Fsp3) is 0.400. The number of nitrogens with zero attached hydrogens (tertiary/aromatic N) is 2. The quantitative estimate of drug-likeness (QED) is 0.299. The van der Waals surface area contributed by atoms with Crippen molar-refractivity contribution in [3.8, 4) is 33.6 Å². The van der Waals surface area contributed by atoms with E-state index < -0.39 is 0 Å². The zero-order valence-electron chi connectivity index (χ0n) is 20.6. The van der Waals surface area contributed by atoms with Gasteiger partial charge in [0.15, 0.2) is 0 Å². The second kappa shape index (κ2) is 7.89. The van der Waals surface area contributed by atoms with E-state index in [4.69, 9.17) is 9.97 Å². The zero-order chi connectivity index (χ0) is 23.8. The smallest absolute Gasteiger partial charge is 0.124 e. The molecule has 4 aliphatic rings. The van der Waals surface area contributed by atoms with Gasteiger partial charge in [-0.15, -0.1) is 0 Å². The van der Waals surface area contributed by atoms with Gasteiger partial charge in [0.25, 0.3) is 0 Å². The fourth-order valence-corrected chi connectivity index (χ4v) is 6.68. The van der Waals surface area contributed by atoms with E-state index in [1.807, 2.05) is 6.20 Å². The predicted octanol–water partition coefficient (Wildman–Crippen LogP) is 5.68. The highest BCUT2D eigenvalue weighted by molar-refractivity contribution is 5.72. The van der Waals surface area contributed by atoms with Gasteiger partial charge in [-0.1, -0.05) is 48.5 Å². The molecular weight excluding hydrogens is 444 g/mol. The number of hydrogen-bond donors (Lipinski definition) is 4. The van der Waals surface area contributed by atoms with Crippen molar-refractivity contribution in [1.82, 2.24) is 30.6 Å². The molecule has 6 nitrogen and oxygen atoms in total. The number of aromatic nitrogens is 4. The Balaban J connectivity index is 0.979. The van der Waals surface area contributed by atoms with Crippen LogP contribution in [0.4, 0.5) is 0 Å². The van der Waals surface area contributed by atoms with Gasteiger partial charge in [0.1, 0.15) is 11.6 Å². The Labute approximate surface area is 211 Å². The normalized spacial score (nSPS) is 30.1. The lowest BCUT2D eigenvalue weighted by atomic mass is 9.80. The van der Waals surface area contributed by atoms with Crippen molar-refractivity contribution in [2.45, 2.75) is 63.2 Å². The summed E-state index contributed by atoms with van der Waals surface area (Å²) in [5.74, 6) is 3.89. The number of piperidine rings is 1. The maximum absolute atomic E-state index is 4.97. The minimum Gasteiger partial charge on any atom is -0.344 e. The largest absolute Gasteiger partial charge is 0.344 e. The highest BCUT2D eigenvalue weighted by atomic mass is 15.1. The van der Waals surface area contributed by atoms with Crippen LogP contribution in [0.2, 0.25) is 0 Å². The summed E-state index contributed by atoms with van der Waals surface area (Å²) in [4.78, 5) is 16.8. The molecule has 6 atom stereocenters. The van der Waals surface area contributed by atoms with Gasteiger partial charge in [0.05, 0.1) is 29.7 Å². The van der Waals surface area contributed by atoms with Crippen molar-refractivity contribution in [1.29, 1.82) is 0 Å². The molecular formula is C30H32N6. The maximum Gasteiger partial charge on any atom is 0.124 e. The van der Waals surface area contributed by atoms with Crippen LogP contribution in [0.3, 0.4) is 0 Å². The average Bonchev–Trinajstić information content (AvgIpc) is 3.33. The monoisotopic (exact) mass is 476 g/mol. The molecule has 4 fully saturated rings. The number of nitrogens with one attached hydrogen (secondary N) is 4. The summed E-state index contributed by atoms with van der Waals surface area (Å²) < 4.78 is 0. The first-order chi connectivity index (χ1) is 17.7. The second-order valence-electron chi connectivity index (χ2n) is 11.4. The minimum absolute atomic E-state index is 0.378. The number of rotatable bonds is 5. The van der Waals surface area contributed by atoms with Crippen LogP contribution >= 0.6 is 0 Å². The average molecular weight is 477 g/mol. The summed E-state index contributed by atoms with van der Waals surface area (Å²) in [5.41, 5.74) is 8.07. The Hall–Kier alpha value is -3.22. The Morgan fingerprint density at radius 2 is 1.33 bits per heavy atom. The number of fused-ring (bicyclic) bond motifs is 2. The number of aromatic amines is 2. The number of benzene rings is 2. The second-order valence-corrected chi connectivity index (χ2v) is 11.4. The number of imidazole rings is 2. The summed E-state index contributed by atoms with van der Waals surface area (Å²) in [5, 5.41) is 7.44. The van der Waals surface area contributed by atoms with Gasteiger partial charge >= 0.3 is 0 Å². The van der Waals surface area contributed by atoms with E-state index >= 15 is 0 Å². The first-order valence-corrected chi connectivity index (χ1v) is 13.5. The Kier molecular flexibility index (Phi) is 4.58. The molecule has 8 rings (SSSR count). The predicted molar refractivity (Wildman–Crippen MR) is 141 cm³/mol. The van der Waals surface area contributed by atoms with Gasteiger partial charge in [-0.2, -0.15) is 0 Å². The topological polar surface area (TPSA) is 81.4 Å². The molecule has 2 aromatic heterocycles. The van der Waals surface area contributed by atoms with Crippen molar-refractivity contribution in [3.05, 3.63) is 72.1 Å². The standard InChI is InChI=1S/C30H32N6/c1-16-28(36-30(32-16)26-14-22-13-24(22)34-26)20-8-4-18(5-9-20)17-2-6-19(7-3-17)27-15-31-29(35-27)25-12-21-10-11-23(21)33-25/h2-9,15,21-26,33-34H,10-14H2,1H3,(H,31,35)(H,32,36)/t21?,22?,23-,24?,25+,26+/m1/s1. The molecule has 0 spiro atoms. The van der Waals surface area contributed by atoms with E-state index in [0.29, 0.717) is 18.1 Å². The number of hydrogen-bond acceptors (Lipinski definition) is 4. The van der Waals surface area contributed by atoms with Crippen LogP contribution < -0.4 is 10.6 Å². The van der Waals surface area contributed by atoms with E-state index in [-0.39, 0.29) is 0 Å². The van der Waals surface area contributed by atoms with Crippen molar-refractivity contribution >= 4 is 0 Å². The van der Waals surface area contributed by atoms with E-state index in [2.05, 4.69) is 76.1 Å². The van der Waals surface area contributed by atoms with Gasteiger partial charge in [-0.05, 0) is 67.6 Å². The van der Waals surface area contributed by atoms with Gasteiger partial charge in [0.2, 0.25) is 0 Å². The summed E-state index contributed by atoms with van der Waals surface area (Å²) in [6, 6.07) is 19.8. The van der Waals surface area contributed by atoms with Gasteiger partial charge < -0.3 is 20.6 Å². The summed E-state index contributed by atoms with van der Waals surface area (Å²) >= 11 is 0. The lowest BCUT2D eigenvalue weighted by Crippen LogP contribution is -2.35. The fourth-order valence-electron chi connectivity index (χ4n) is 6.68. The summed E-state index contributed by atoms with van der Waals surface area (Å²) in [6.45, 7) is 2.13. The molecule has 4 aromatic rings. The molecule has 6 heteroatoms. The molecule has 0 radical (unpaired) electrons. The van der Waals surface area contributed by atoms with Gasteiger partial charge in [-0.3, -0.25) is 0 Å². The van der Waals surface area contributed by atoms with Crippen molar-refractivity contribution in [2.75, 3.05) is 0 Å². The molecule has 2 aliphatic carbocycles. The minimum atomic E-state index is 0.378. The molecule has 2 saturated carbocycles. The van der Waals surface area contributed by atoms with Crippen molar-refractivity contribution < 1.29 is 0 Å². The van der Waals surface area contributed by atoms with E-state index in [1.54, 1.807) is 0 Å². The molecule has 0 amide bonds. The third-order valence-electron chi connectivity index (χ3n) is 9.09. The van der Waals surface area contributed by atoms with Crippen molar-refractivity contribution in [3.63, 3.8) is 0 Å². The van der Waals surface area contributed by atoms with Gasteiger partial charge in [0, 0.05) is 23.3 Å². The maximum atomic E-state index is 4.97. The molecule has 4 heterocycles. The van der Waals surface area contributed by atoms with Crippen LogP contribution in [0.5, 0.6) is 0 Å². The SMILES string of the molecule is Cc1[nH]c([C@@H]2CC3CC3N2)nc1-c1ccc(-c2ccc(-c3cnc([C@@H]4CC5CC[C@H]5N4)[nH]3)cc2)cc1. The van der Waals surface area contributed by atoms with Crippen LogP contribution in [0.15, 0.2) is 54.7 Å². The Morgan fingerprint density at radius 1 is 0.667 bits per heavy atom. The first-order valence-electron chi connectivity index (χ1n) is 13.5.